The van der Waals surface area contributed by atoms with Crippen LogP contribution in [0.4, 0.5) is 10.1 Å². The van der Waals surface area contributed by atoms with Crippen molar-refractivity contribution in [2.24, 2.45) is 0 Å². The molecule has 5 nitrogen and oxygen atoms in total. The Hall–Kier alpha value is -2.89. The third-order valence-electron chi connectivity index (χ3n) is 4.50. The van der Waals surface area contributed by atoms with Crippen LogP contribution in [0.25, 0.3) is 0 Å². The molecule has 2 aromatic carbocycles. The SMILES string of the molecule is Cc1ccc2c(c1)N(CCC(=O)NCc1ccc(F)cc1)C(=O)C(C)(C)O2. The molecule has 142 valence electrons. The predicted molar refractivity (Wildman–Crippen MR) is 101 cm³/mol. The van der Waals surface area contributed by atoms with Gasteiger partial charge < -0.3 is 15.0 Å². The molecule has 0 saturated heterocycles. The normalized spacial score (nSPS) is 15.1. The summed E-state index contributed by atoms with van der Waals surface area (Å²) in [7, 11) is 0. The van der Waals surface area contributed by atoms with Crippen LogP contribution in [0.15, 0.2) is 42.5 Å². The van der Waals surface area contributed by atoms with Crippen molar-refractivity contribution in [2.75, 3.05) is 11.4 Å². The van der Waals surface area contributed by atoms with E-state index in [4.69, 9.17) is 4.74 Å². The Balaban J connectivity index is 1.65. The van der Waals surface area contributed by atoms with Crippen molar-refractivity contribution in [3.05, 3.63) is 59.4 Å². The topological polar surface area (TPSA) is 58.6 Å². The summed E-state index contributed by atoms with van der Waals surface area (Å²) in [5.74, 6) is -0.0260. The number of aryl methyl sites for hydroxylation is 1. The van der Waals surface area contributed by atoms with E-state index in [1.807, 2.05) is 25.1 Å². The quantitative estimate of drug-likeness (QED) is 0.878. The Labute approximate surface area is 158 Å². The van der Waals surface area contributed by atoms with E-state index in [2.05, 4.69) is 5.32 Å². The maximum atomic E-state index is 12.9. The third kappa shape index (κ3) is 4.27. The number of nitrogens with one attached hydrogen (secondary N) is 1. The number of ether oxygens (including phenoxy) is 1. The van der Waals surface area contributed by atoms with Gasteiger partial charge in [0, 0.05) is 19.5 Å². The molecule has 0 bridgehead atoms. The molecule has 1 heterocycles. The molecule has 1 aliphatic heterocycles. The van der Waals surface area contributed by atoms with Crippen molar-refractivity contribution in [3.63, 3.8) is 0 Å². The number of benzene rings is 2. The van der Waals surface area contributed by atoms with E-state index in [0.717, 1.165) is 11.1 Å². The van der Waals surface area contributed by atoms with Crippen LogP contribution in [-0.4, -0.2) is 24.0 Å². The van der Waals surface area contributed by atoms with Crippen LogP contribution in [0.5, 0.6) is 5.75 Å². The number of hydrogen-bond acceptors (Lipinski definition) is 3. The monoisotopic (exact) mass is 370 g/mol. The number of carbonyl (C=O) groups is 2. The second-order valence-corrected chi connectivity index (χ2v) is 7.19. The minimum absolute atomic E-state index is 0.163. The Morgan fingerprint density at radius 3 is 2.59 bits per heavy atom. The zero-order chi connectivity index (χ0) is 19.6. The van der Waals surface area contributed by atoms with Crippen LogP contribution < -0.4 is 15.0 Å². The molecular formula is C21H23FN2O3. The summed E-state index contributed by atoms with van der Waals surface area (Å²) < 4.78 is 18.7. The summed E-state index contributed by atoms with van der Waals surface area (Å²) in [6, 6.07) is 11.6. The molecule has 2 aromatic rings. The number of fused-ring (bicyclic) bond motifs is 1. The zero-order valence-electron chi connectivity index (χ0n) is 15.7. The van der Waals surface area contributed by atoms with Crippen LogP contribution in [0, 0.1) is 12.7 Å². The average molecular weight is 370 g/mol. The average Bonchev–Trinajstić information content (AvgIpc) is 2.62. The van der Waals surface area contributed by atoms with Gasteiger partial charge >= 0.3 is 0 Å². The number of anilines is 1. The Morgan fingerprint density at radius 1 is 1.19 bits per heavy atom. The maximum absolute atomic E-state index is 12.9. The molecule has 1 N–H and O–H groups in total. The number of hydrogen-bond donors (Lipinski definition) is 1. The lowest BCUT2D eigenvalue weighted by Gasteiger charge is -2.38. The first-order valence-corrected chi connectivity index (χ1v) is 8.89. The highest BCUT2D eigenvalue weighted by atomic mass is 19.1. The van der Waals surface area contributed by atoms with Crippen molar-refractivity contribution in [1.82, 2.24) is 5.32 Å². The van der Waals surface area contributed by atoms with Crippen LogP contribution >= 0.6 is 0 Å². The van der Waals surface area contributed by atoms with Gasteiger partial charge in [-0.1, -0.05) is 18.2 Å². The smallest absolute Gasteiger partial charge is 0.270 e. The van der Waals surface area contributed by atoms with Crippen molar-refractivity contribution in [2.45, 2.75) is 39.3 Å². The fourth-order valence-electron chi connectivity index (χ4n) is 3.00. The number of halogens is 1. The molecule has 0 spiro atoms. The molecule has 1 aliphatic rings. The lowest BCUT2D eigenvalue weighted by molar-refractivity contribution is -0.132. The molecule has 27 heavy (non-hydrogen) atoms. The first-order chi connectivity index (χ1) is 12.8. The molecule has 0 aliphatic carbocycles. The van der Waals surface area contributed by atoms with Gasteiger partial charge in [0.2, 0.25) is 5.91 Å². The van der Waals surface area contributed by atoms with E-state index in [1.54, 1.807) is 30.9 Å². The largest absolute Gasteiger partial charge is 0.476 e. The second-order valence-electron chi connectivity index (χ2n) is 7.19. The molecule has 6 heteroatoms. The van der Waals surface area contributed by atoms with Crippen molar-refractivity contribution in [3.8, 4) is 5.75 Å². The fraction of sp³-hybridized carbons (Fsp3) is 0.333. The molecule has 0 saturated carbocycles. The van der Waals surface area contributed by atoms with E-state index >= 15 is 0 Å². The van der Waals surface area contributed by atoms with Gasteiger partial charge in [-0.3, -0.25) is 9.59 Å². The van der Waals surface area contributed by atoms with Crippen molar-refractivity contribution < 1.29 is 18.7 Å². The third-order valence-corrected chi connectivity index (χ3v) is 4.50. The van der Waals surface area contributed by atoms with Crippen LogP contribution in [-0.2, 0) is 16.1 Å². The Kier molecular flexibility index (Phi) is 5.17. The summed E-state index contributed by atoms with van der Waals surface area (Å²) in [5.41, 5.74) is 1.53. The van der Waals surface area contributed by atoms with Gasteiger partial charge in [0.05, 0.1) is 5.69 Å². The molecule has 2 amide bonds. The van der Waals surface area contributed by atoms with Gasteiger partial charge in [-0.2, -0.15) is 0 Å². The summed E-state index contributed by atoms with van der Waals surface area (Å²) in [6.07, 6.45) is 0.163. The number of nitrogens with zero attached hydrogens (tertiary/aromatic N) is 1. The number of rotatable bonds is 5. The van der Waals surface area contributed by atoms with E-state index < -0.39 is 5.60 Å². The van der Waals surface area contributed by atoms with E-state index in [-0.39, 0.29) is 30.6 Å². The van der Waals surface area contributed by atoms with Gasteiger partial charge in [0.25, 0.3) is 5.91 Å². The van der Waals surface area contributed by atoms with E-state index in [9.17, 15) is 14.0 Å². The van der Waals surface area contributed by atoms with Gasteiger partial charge in [-0.05, 0) is 56.2 Å². The highest BCUT2D eigenvalue weighted by molar-refractivity contribution is 6.02. The van der Waals surface area contributed by atoms with Crippen LogP contribution in [0.3, 0.4) is 0 Å². The maximum Gasteiger partial charge on any atom is 0.270 e. The lowest BCUT2D eigenvalue weighted by atomic mass is 10.0. The molecule has 0 fully saturated rings. The molecule has 0 aromatic heterocycles. The van der Waals surface area contributed by atoms with Gasteiger partial charge in [-0.25, -0.2) is 4.39 Å². The van der Waals surface area contributed by atoms with Gasteiger partial charge in [0.1, 0.15) is 11.6 Å². The molecule has 0 atom stereocenters. The number of amides is 2. The molecule has 0 radical (unpaired) electrons. The fourth-order valence-corrected chi connectivity index (χ4v) is 3.00. The molecule has 3 rings (SSSR count). The first kappa shape index (κ1) is 18.9. The zero-order valence-corrected chi connectivity index (χ0v) is 15.7. The lowest BCUT2D eigenvalue weighted by Crippen LogP contribution is -2.53. The van der Waals surface area contributed by atoms with Crippen LogP contribution in [0.2, 0.25) is 0 Å². The van der Waals surface area contributed by atoms with E-state index in [1.165, 1.54) is 12.1 Å². The molecule has 0 unspecified atom stereocenters. The van der Waals surface area contributed by atoms with Crippen molar-refractivity contribution >= 4 is 17.5 Å². The van der Waals surface area contributed by atoms with Crippen LogP contribution in [0.1, 0.15) is 31.4 Å². The van der Waals surface area contributed by atoms with E-state index in [0.29, 0.717) is 18.0 Å². The second kappa shape index (κ2) is 7.39. The van der Waals surface area contributed by atoms with Gasteiger partial charge in [0.15, 0.2) is 5.60 Å². The number of carbonyl (C=O) groups excluding carboxylic acids is 2. The Morgan fingerprint density at radius 2 is 1.89 bits per heavy atom. The summed E-state index contributed by atoms with van der Waals surface area (Å²) in [4.78, 5) is 26.6. The minimum atomic E-state index is -0.979. The summed E-state index contributed by atoms with van der Waals surface area (Å²) in [5, 5.41) is 2.80. The predicted octanol–water partition coefficient (Wildman–Crippen LogP) is 3.34. The highest BCUT2D eigenvalue weighted by Crippen LogP contribution is 2.38. The van der Waals surface area contributed by atoms with Crippen molar-refractivity contribution in [1.29, 1.82) is 0 Å². The Bertz CT molecular complexity index is 862. The first-order valence-electron chi connectivity index (χ1n) is 8.89. The van der Waals surface area contributed by atoms with Gasteiger partial charge in [-0.15, -0.1) is 0 Å². The highest BCUT2D eigenvalue weighted by Gasteiger charge is 2.40. The summed E-state index contributed by atoms with van der Waals surface area (Å²) >= 11 is 0. The standard InChI is InChI=1S/C21H23FN2O3/c1-14-4-9-18-17(12-14)24(20(26)21(2,3)27-18)11-10-19(25)23-13-15-5-7-16(22)8-6-15/h4-9,12H,10-11,13H2,1-3H3,(H,23,25). The minimum Gasteiger partial charge on any atom is -0.476 e. The summed E-state index contributed by atoms with van der Waals surface area (Å²) in [6.45, 7) is 5.96. The molecular weight excluding hydrogens is 347 g/mol.